The lowest BCUT2D eigenvalue weighted by Gasteiger charge is -2.29. The molecule has 0 radical (unpaired) electrons. The summed E-state index contributed by atoms with van der Waals surface area (Å²) in [6.45, 7) is -0.0959. The van der Waals surface area contributed by atoms with E-state index >= 15 is 0 Å². The first-order valence-electron chi connectivity index (χ1n) is 8.99. The fourth-order valence-corrected chi connectivity index (χ4v) is 5.87. The maximum absolute atomic E-state index is 12.9. The van der Waals surface area contributed by atoms with Crippen LogP contribution in [0.1, 0.15) is 0 Å². The highest BCUT2D eigenvalue weighted by Gasteiger charge is 2.38. The summed E-state index contributed by atoms with van der Waals surface area (Å²) in [5, 5.41) is 7.13. The number of hydrogen-bond acceptors (Lipinski definition) is 7. The lowest BCUT2D eigenvalue weighted by atomic mass is 10.3. The van der Waals surface area contributed by atoms with E-state index in [1.165, 1.54) is 25.3 Å². The van der Waals surface area contributed by atoms with Gasteiger partial charge in [0.25, 0.3) is 0 Å². The molecule has 0 spiro atoms. The van der Waals surface area contributed by atoms with E-state index in [-0.39, 0.29) is 28.1 Å². The summed E-state index contributed by atoms with van der Waals surface area (Å²) in [6.07, 6.45) is 0. The van der Waals surface area contributed by atoms with Crippen molar-refractivity contribution in [2.45, 2.75) is 15.6 Å². The van der Waals surface area contributed by atoms with Crippen molar-refractivity contribution in [1.29, 1.82) is 0 Å². The first-order chi connectivity index (χ1) is 14.7. The molecule has 8 nitrogen and oxygen atoms in total. The highest BCUT2D eigenvalue weighted by atomic mass is 79.9. The standard InChI is InChI=1S/C19H19BrClN3O5S2/c1-29-15-7-6-11(8-13(15)21)31(27,28)16-9-22-19(24-18(16)26)30-10-17(25)23-14-5-3-2-4-12(14)20/h2-8,16,19,22H,9-10H2,1H3,(H,23,25)(H,24,26). The largest absolute Gasteiger partial charge is 0.495 e. The summed E-state index contributed by atoms with van der Waals surface area (Å²) in [5.41, 5.74) is 0.0430. The predicted molar refractivity (Wildman–Crippen MR) is 124 cm³/mol. The molecule has 0 bridgehead atoms. The van der Waals surface area contributed by atoms with E-state index in [0.717, 1.165) is 16.2 Å². The Morgan fingerprint density at radius 2 is 2.06 bits per heavy atom. The Bertz CT molecular complexity index is 1100. The summed E-state index contributed by atoms with van der Waals surface area (Å²) in [4.78, 5) is 24.6. The van der Waals surface area contributed by atoms with E-state index in [1.807, 2.05) is 12.1 Å². The number of hydrogen-bond donors (Lipinski definition) is 3. The molecular weight excluding hydrogens is 530 g/mol. The van der Waals surface area contributed by atoms with Crippen molar-refractivity contribution in [2.24, 2.45) is 0 Å². The Balaban J connectivity index is 1.58. The number of sulfone groups is 1. The van der Waals surface area contributed by atoms with E-state index in [2.05, 4.69) is 31.9 Å². The second-order valence-corrected chi connectivity index (χ2v) is 11.0. The van der Waals surface area contributed by atoms with Crippen LogP contribution in [0.3, 0.4) is 0 Å². The zero-order chi connectivity index (χ0) is 22.6. The minimum Gasteiger partial charge on any atom is -0.495 e. The van der Waals surface area contributed by atoms with Crippen LogP contribution >= 0.6 is 39.3 Å². The van der Waals surface area contributed by atoms with Crippen molar-refractivity contribution in [3.63, 3.8) is 0 Å². The van der Waals surface area contributed by atoms with Gasteiger partial charge in [-0.15, -0.1) is 11.8 Å². The number of thioether (sulfide) groups is 1. The van der Waals surface area contributed by atoms with Crippen LogP contribution in [-0.2, 0) is 19.4 Å². The molecule has 2 amide bonds. The molecule has 166 valence electrons. The maximum atomic E-state index is 12.9. The van der Waals surface area contributed by atoms with E-state index in [4.69, 9.17) is 16.3 Å². The molecule has 0 saturated carbocycles. The molecule has 1 saturated heterocycles. The third-order valence-corrected chi connectivity index (χ3v) is 8.48. The zero-order valence-corrected chi connectivity index (χ0v) is 20.2. The van der Waals surface area contributed by atoms with Crippen LogP contribution in [0.5, 0.6) is 5.75 Å². The number of methoxy groups -OCH3 is 1. The lowest BCUT2D eigenvalue weighted by molar-refractivity contribution is -0.122. The van der Waals surface area contributed by atoms with Gasteiger partial charge in [-0.2, -0.15) is 0 Å². The molecule has 3 N–H and O–H groups in total. The monoisotopic (exact) mass is 547 g/mol. The summed E-state index contributed by atoms with van der Waals surface area (Å²) >= 11 is 10.5. The molecule has 3 rings (SSSR count). The number of halogens is 2. The normalized spacial score (nSPS) is 18.9. The zero-order valence-electron chi connectivity index (χ0n) is 16.2. The first-order valence-corrected chi connectivity index (χ1v) is 12.8. The van der Waals surface area contributed by atoms with Crippen molar-refractivity contribution in [1.82, 2.24) is 10.6 Å². The molecule has 2 aromatic carbocycles. The van der Waals surface area contributed by atoms with E-state index < -0.39 is 26.5 Å². The van der Waals surface area contributed by atoms with Crippen LogP contribution < -0.4 is 20.7 Å². The van der Waals surface area contributed by atoms with Gasteiger partial charge in [0.1, 0.15) is 11.2 Å². The van der Waals surface area contributed by atoms with Gasteiger partial charge in [-0.25, -0.2) is 8.42 Å². The quantitative estimate of drug-likeness (QED) is 0.487. The molecule has 1 fully saturated rings. The SMILES string of the molecule is COc1ccc(S(=O)(=O)C2CNC(SCC(=O)Nc3ccccc3Br)NC2=O)cc1Cl. The number of carbonyl (C=O) groups is 2. The number of anilines is 1. The third kappa shape index (κ3) is 5.72. The molecule has 0 aromatic heterocycles. The van der Waals surface area contributed by atoms with E-state index in [1.54, 1.807) is 12.1 Å². The summed E-state index contributed by atoms with van der Waals surface area (Å²) in [6, 6.07) is 11.2. The fourth-order valence-electron chi connectivity index (χ4n) is 2.83. The van der Waals surface area contributed by atoms with Crippen molar-refractivity contribution >= 4 is 66.6 Å². The molecule has 12 heteroatoms. The molecular formula is C19H19BrClN3O5S2. The van der Waals surface area contributed by atoms with Gasteiger partial charge in [-0.1, -0.05) is 23.7 Å². The number of para-hydroxylation sites is 1. The highest BCUT2D eigenvalue weighted by molar-refractivity contribution is 9.10. The maximum Gasteiger partial charge on any atom is 0.241 e. The molecule has 31 heavy (non-hydrogen) atoms. The summed E-state index contributed by atoms with van der Waals surface area (Å²) in [5.74, 6) is -0.501. The highest BCUT2D eigenvalue weighted by Crippen LogP contribution is 2.29. The Labute approximate surface area is 197 Å². The van der Waals surface area contributed by atoms with Gasteiger partial charge < -0.3 is 15.4 Å². The minimum absolute atomic E-state index is 0.0603. The predicted octanol–water partition coefficient (Wildman–Crippen LogP) is 2.63. The summed E-state index contributed by atoms with van der Waals surface area (Å²) < 4.78 is 31.5. The van der Waals surface area contributed by atoms with Gasteiger partial charge in [0.05, 0.1) is 28.5 Å². The van der Waals surface area contributed by atoms with Crippen molar-refractivity contribution in [2.75, 3.05) is 24.7 Å². The van der Waals surface area contributed by atoms with Crippen LogP contribution in [-0.4, -0.2) is 50.4 Å². The van der Waals surface area contributed by atoms with Crippen LogP contribution in [0.25, 0.3) is 0 Å². The first kappa shape index (κ1) is 23.9. The number of carbonyl (C=O) groups excluding carboxylic acids is 2. The van der Waals surface area contributed by atoms with Crippen LogP contribution in [0, 0.1) is 0 Å². The molecule has 0 aliphatic carbocycles. The number of amides is 2. The van der Waals surface area contributed by atoms with Crippen molar-refractivity contribution in [3.8, 4) is 5.75 Å². The molecule has 2 aromatic rings. The van der Waals surface area contributed by atoms with E-state index in [0.29, 0.717) is 11.4 Å². The van der Waals surface area contributed by atoms with Crippen molar-refractivity contribution in [3.05, 3.63) is 52.0 Å². The van der Waals surface area contributed by atoms with Crippen LogP contribution in [0.4, 0.5) is 5.69 Å². The summed E-state index contributed by atoms with van der Waals surface area (Å²) in [7, 11) is -2.55. The smallest absolute Gasteiger partial charge is 0.241 e. The number of ether oxygens (including phenoxy) is 1. The molecule has 1 aliphatic rings. The molecule has 1 aliphatic heterocycles. The second kappa shape index (κ2) is 10.2. The van der Waals surface area contributed by atoms with Gasteiger partial charge in [0, 0.05) is 11.0 Å². The second-order valence-electron chi connectivity index (χ2n) is 6.47. The Hall–Kier alpha value is -1.79. The average Bonchev–Trinajstić information content (AvgIpc) is 2.73. The van der Waals surface area contributed by atoms with E-state index in [9.17, 15) is 18.0 Å². The van der Waals surface area contributed by atoms with Crippen LogP contribution in [0.2, 0.25) is 5.02 Å². The Morgan fingerprint density at radius 3 is 2.71 bits per heavy atom. The fraction of sp³-hybridized carbons (Fsp3) is 0.263. The lowest BCUT2D eigenvalue weighted by Crippen LogP contribution is -2.59. The molecule has 2 atom stereocenters. The average molecular weight is 549 g/mol. The van der Waals surface area contributed by atoms with Crippen LogP contribution in [0.15, 0.2) is 51.8 Å². The van der Waals surface area contributed by atoms with Gasteiger partial charge in [-0.05, 0) is 46.3 Å². The van der Waals surface area contributed by atoms with Gasteiger partial charge in [-0.3, -0.25) is 14.9 Å². The van der Waals surface area contributed by atoms with Gasteiger partial charge in [0.2, 0.25) is 11.8 Å². The van der Waals surface area contributed by atoms with Crippen molar-refractivity contribution < 1.29 is 22.7 Å². The molecule has 2 unspecified atom stereocenters. The Morgan fingerprint density at radius 1 is 1.32 bits per heavy atom. The Kier molecular flexibility index (Phi) is 7.87. The molecule has 1 heterocycles. The topological polar surface area (TPSA) is 114 Å². The number of benzene rings is 2. The van der Waals surface area contributed by atoms with Gasteiger partial charge in [0.15, 0.2) is 15.1 Å². The van der Waals surface area contributed by atoms with Gasteiger partial charge >= 0.3 is 0 Å². The third-order valence-electron chi connectivity index (χ3n) is 4.41. The number of nitrogens with one attached hydrogen (secondary N) is 3. The minimum atomic E-state index is -3.97. The number of rotatable bonds is 7.